The maximum atomic E-state index is 12.9. The van der Waals surface area contributed by atoms with Crippen LogP contribution in [0.2, 0.25) is 0 Å². The van der Waals surface area contributed by atoms with Crippen molar-refractivity contribution in [1.29, 1.82) is 0 Å². The SMILES string of the molecule is C=CC(=O)N(CC)CC(=O)N1CCCC2(CCCCN2C(=O)OC(C)(C)C)C1. The summed E-state index contributed by atoms with van der Waals surface area (Å²) in [5, 5.41) is 0. The summed E-state index contributed by atoms with van der Waals surface area (Å²) in [6.45, 7) is 13.3. The minimum atomic E-state index is -0.549. The first-order valence-corrected chi connectivity index (χ1v) is 10.3. The molecule has 1 atom stereocenters. The van der Waals surface area contributed by atoms with Gasteiger partial charge < -0.3 is 19.4 Å². The predicted octanol–water partition coefficient (Wildman–Crippen LogP) is 2.80. The van der Waals surface area contributed by atoms with Gasteiger partial charge in [0.25, 0.3) is 0 Å². The van der Waals surface area contributed by atoms with Gasteiger partial charge in [0.2, 0.25) is 11.8 Å². The van der Waals surface area contributed by atoms with E-state index in [-0.39, 0.29) is 30.0 Å². The van der Waals surface area contributed by atoms with E-state index in [4.69, 9.17) is 4.74 Å². The van der Waals surface area contributed by atoms with Gasteiger partial charge in [0.1, 0.15) is 5.60 Å². The number of nitrogens with zero attached hydrogens (tertiary/aromatic N) is 3. The number of likely N-dealkylation sites (tertiary alicyclic amines) is 2. The molecule has 1 spiro atoms. The van der Waals surface area contributed by atoms with Crippen molar-refractivity contribution in [2.45, 2.75) is 70.9 Å². The van der Waals surface area contributed by atoms with Crippen LogP contribution >= 0.6 is 0 Å². The van der Waals surface area contributed by atoms with Crippen molar-refractivity contribution < 1.29 is 19.1 Å². The average Bonchev–Trinajstić information content (AvgIpc) is 2.64. The Morgan fingerprint density at radius 3 is 2.43 bits per heavy atom. The number of carbonyl (C=O) groups excluding carboxylic acids is 3. The van der Waals surface area contributed by atoms with Crippen LogP contribution in [-0.4, -0.2) is 76.5 Å². The molecule has 2 aliphatic heterocycles. The molecule has 28 heavy (non-hydrogen) atoms. The lowest BCUT2D eigenvalue weighted by molar-refractivity contribution is -0.141. The van der Waals surface area contributed by atoms with Crippen molar-refractivity contribution in [2.75, 3.05) is 32.7 Å². The molecule has 2 aliphatic rings. The normalized spacial score (nSPS) is 22.7. The summed E-state index contributed by atoms with van der Waals surface area (Å²) in [5.74, 6) is -0.318. The zero-order valence-corrected chi connectivity index (χ0v) is 17.8. The zero-order valence-electron chi connectivity index (χ0n) is 17.8. The highest BCUT2D eigenvalue weighted by Gasteiger charge is 2.46. The second-order valence-electron chi connectivity index (χ2n) is 8.79. The third kappa shape index (κ3) is 5.26. The highest BCUT2D eigenvalue weighted by atomic mass is 16.6. The molecule has 0 bridgehead atoms. The minimum absolute atomic E-state index is 0.0455. The van der Waals surface area contributed by atoms with Crippen LogP contribution in [0.5, 0.6) is 0 Å². The van der Waals surface area contributed by atoms with E-state index in [9.17, 15) is 14.4 Å². The number of likely N-dealkylation sites (N-methyl/N-ethyl adjacent to an activating group) is 1. The molecule has 158 valence electrons. The summed E-state index contributed by atoms with van der Waals surface area (Å²) in [5.41, 5.74) is -0.916. The topological polar surface area (TPSA) is 70.2 Å². The molecule has 7 nitrogen and oxygen atoms in total. The van der Waals surface area contributed by atoms with E-state index in [1.807, 2.05) is 37.5 Å². The van der Waals surface area contributed by atoms with Crippen molar-refractivity contribution in [2.24, 2.45) is 0 Å². The highest BCUT2D eigenvalue weighted by Crippen LogP contribution is 2.37. The molecule has 2 rings (SSSR count). The van der Waals surface area contributed by atoms with Crippen molar-refractivity contribution in [3.63, 3.8) is 0 Å². The van der Waals surface area contributed by atoms with Gasteiger partial charge in [-0.15, -0.1) is 0 Å². The fourth-order valence-electron chi connectivity index (χ4n) is 4.19. The lowest BCUT2D eigenvalue weighted by Gasteiger charge is -2.52. The number of rotatable bonds is 4. The number of ether oxygens (including phenoxy) is 1. The highest BCUT2D eigenvalue weighted by molar-refractivity contribution is 5.91. The molecule has 0 aromatic rings. The molecule has 2 fully saturated rings. The van der Waals surface area contributed by atoms with E-state index >= 15 is 0 Å². The molecule has 7 heteroatoms. The summed E-state index contributed by atoms with van der Waals surface area (Å²) >= 11 is 0. The fraction of sp³-hybridized carbons (Fsp3) is 0.762. The van der Waals surface area contributed by atoms with Crippen LogP contribution in [-0.2, 0) is 14.3 Å². The third-order valence-electron chi connectivity index (χ3n) is 5.56. The summed E-state index contributed by atoms with van der Waals surface area (Å²) in [6.07, 6.45) is 5.52. The monoisotopic (exact) mass is 393 g/mol. The second-order valence-corrected chi connectivity index (χ2v) is 8.79. The van der Waals surface area contributed by atoms with Gasteiger partial charge in [-0.2, -0.15) is 0 Å². The van der Waals surface area contributed by atoms with E-state index < -0.39 is 5.60 Å². The fourth-order valence-corrected chi connectivity index (χ4v) is 4.19. The largest absolute Gasteiger partial charge is 0.444 e. The number of hydrogen-bond donors (Lipinski definition) is 0. The Balaban J connectivity index is 2.13. The maximum Gasteiger partial charge on any atom is 0.410 e. The lowest BCUT2D eigenvalue weighted by Crippen LogP contribution is -2.64. The van der Waals surface area contributed by atoms with E-state index in [1.54, 1.807) is 0 Å². The molecule has 0 aromatic heterocycles. The Kier molecular flexibility index (Phi) is 7.12. The van der Waals surface area contributed by atoms with Crippen molar-refractivity contribution in [3.05, 3.63) is 12.7 Å². The smallest absolute Gasteiger partial charge is 0.410 e. The third-order valence-corrected chi connectivity index (χ3v) is 5.56. The van der Waals surface area contributed by atoms with E-state index in [0.717, 1.165) is 32.1 Å². The average molecular weight is 394 g/mol. The first-order chi connectivity index (χ1) is 13.1. The molecule has 0 aliphatic carbocycles. The van der Waals surface area contributed by atoms with Gasteiger partial charge in [0, 0.05) is 26.2 Å². The number of amides is 3. The minimum Gasteiger partial charge on any atom is -0.444 e. The van der Waals surface area contributed by atoms with Gasteiger partial charge in [-0.25, -0.2) is 4.79 Å². The van der Waals surface area contributed by atoms with Gasteiger partial charge in [0.15, 0.2) is 0 Å². The molecule has 0 radical (unpaired) electrons. The second kappa shape index (κ2) is 8.97. The Morgan fingerprint density at radius 2 is 1.82 bits per heavy atom. The van der Waals surface area contributed by atoms with Gasteiger partial charge >= 0.3 is 6.09 Å². The Labute approximate surface area is 168 Å². The standard InChI is InChI=1S/C21H35N3O4/c1-6-17(25)22(7-2)15-18(26)23-13-10-12-21(16-23)11-8-9-14-24(21)19(27)28-20(3,4)5/h6H,1,7-16H2,2-5H3. The number of carbonyl (C=O) groups is 3. The van der Waals surface area contributed by atoms with Crippen molar-refractivity contribution in [1.82, 2.24) is 14.7 Å². The van der Waals surface area contributed by atoms with Gasteiger partial charge in [-0.3, -0.25) is 9.59 Å². The first-order valence-electron chi connectivity index (χ1n) is 10.3. The van der Waals surface area contributed by atoms with Gasteiger partial charge in [-0.05, 0) is 65.9 Å². The Morgan fingerprint density at radius 1 is 1.14 bits per heavy atom. The van der Waals surface area contributed by atoms with Crippen LogP contribution in [0, 0.1) is 0 Å². The molecule has 0 aromatic carbocycles. The van der Waals surface area contributed by atoms with Gasteiger partial charge in [-0.1, -0.05) is 6.58 Å². The van der Waals surface area contributed by atoms with Crippen LogP contribution in [0.15, 0.2) is 12.7 Å². The molecule has 2 saturated heterocycles. The van der Waals surface area contributed by atoms with Crippen LogP contribution in [0.4, 0.5) is 4.79 Å². The molecule has 0 N–H and O–H groups in total. The molecule has 1 unspecified atom stereocenters. The molecule has 0 saturated carbocycles. The summed E-state index contributed by atoms with van der Waals surface area (Å²) in [6, 6.07) is 0. The lowest BCUT2D eigenvalue weighted by atomic mass is 9.80. The predicted molar refractivity (Wildman–Crippen MR) is 108 cm³/mol. The molecular formula is C21H35N3O4. The Hall–Kier alpha value is -2.05. The Bertz CT molecular complexity index is 609. The summed E-state index contributed by atoms with van der Waals surface area (Å²) < 4.78 is 5.65. The number of hydrogen-bond acceptors (Lipinski definition) is 4. The number of piperidine rings is 2. The van der Waals surface area contributed by atoms with Crippen LogP contribution in [0.25, 0.3) is 0 Å². The quantitative estimate of drug-likeness (QED) is 0.689. The first kappa shape index (κ1) is 22.2. The van der Waals surface area contributed by atoms with E-state index in [0.29, 0.717) is 26.2 Å². The van der Waals surface area contributed by atoms with Crippen LogP contribution in [0.1, 0.15) is 59.8 Å². The van der Waals surface area contributed by atoms with Crippen molar-refractivity contribution >= 4 is 17.9 Å². The maximum absolute atomic E-state index is 12.9. The zero-order chi connectivity index (χ0) is 20.9. The molecule has 3 amide bonds. The summed E-state index contributed by atoms with van der Waals surface area (Å²) in [7, 11) is 0. The molecular weight excluding hydrogens is 358 g/mol. The van der Waals surface area contributed by atoms with Crippen LogP contribution < -0.4 is 0 Å². The summed E-state index contributed by atoms with van der Waals surface area (Å²) in [4.78, 5) is 42.8. The van der Waals surface area contributed by atoms with E-state index in [2.05, 4.69) is 6.58 Å². The van der Waals surface area contributed by atoms with Crippen molar-refractivity contribution in [3.8, 4) is 0 Å². The van der Waals surface area contributed by atoms with E-state index in [1.165, 1.54) is 11.0 Å². The van der Waals surface area contributed by atoms with Gasteiger partial charge in [0.05, 0.1) is 12.1 Å². The van der Waals surface area contributed by atoms with Crippen LogP contribution in [0.3, 0.4) is 0 Å². The molecule has 2 heterocycles.